The molecule has 1 amide bonds. The lowest BCUT2D eigenvalue weighted by molar-refractivity contribution is -0.243. The molecule has 0 rings (SSSR count). The molecule has 12 heteroatoms. The zero-order chi connectivity index (χ0) is 24.3. The first-order chi connectivity index (χ1) is 14.4. The molecule has 0 radical (unpaired) electrons. The van der Waals surface area contributed by atoms with Crippen LogP contribution in [0.1, 0.15) is 54.9 Å². The van der Waals surface area contributed by atoms with Gasteiger partial charge in [-0.05, 0) is 54.9 Å². The van der Waals surface area contributed by atoms with E-state index >= 15 is 0 Å². The topological polar surface area (TPSA) is 105 Å². The molecule has 1 N–H and O–H groups in total. The van der Waals surface area contributed by atoms with Gasteiger partial charge in [0.1, 0.15) is 5.78 Å². The first-order valence-corrected chi connectivity index (χ1v) is 14.2. The first kappa shape index (κ1) is 30.6. The van der Waals surface area contributed by atoms with Crippen LogP contribution < -0.4 is 5.32 Å². The second-order valence-electron chi connectivity index (χ2n) is 7.94. The summed E-state index contributed by atoms with van der Waals surface area (Å²) in [7, 11) is -1.48. The van der Waals surface area contributed by atoms with E-state index < -0.39 is 33.8 Å². The predicted octanol–water partition coefficient (Wildman–Crippen LogP) is 3.40. The van der Waals surface area contributed by atoms with Crippen molar-refractivity contribution in [2.75, 3.05) is 41.1 Å². The van der Waals surface area contributed by atoms with Crippen molar-refractivity contribution in [1.29, 1.82) is 0 Å². The highest BCUT2D eigenvalue weighted by molar-refractivity contribution is 7.54. The molecule has 2 atom stereocenters. The Kier molecular flexibility index (Phi) is 13.9. The monoisotopic (exact) mass is 486 g/mol. The number of amides is 1. The number of carbonyl (C=O) groups is 1. The summed E-state index contributed by atoms with van der Waals surface area (Å²) in [6, 6.07) is 0.572. The molecule has 0 saturated carbocycles. The molecule has 0 heterocycles. The molecule has 2 unspecified atom stereocenters. The Labute approximate surface area is 189 Å². The van der Waals surface area contributed by atoms with Gasteiger partial charge in [0.15, 0.2) is 6.10 Å². The molecule has 0 bridgehead atoms. The van der Waals surface area contributed by atoms with E-state index in [1.165, 1.54) is 5.06 Å². The minimum absolute atomic E-state index is 0.241. The summed E-state index contributed by atoms with van der Waals surface area (Å²) in [5, 5.41) is 4.38. The number of nitrogens with one attached hydrogen (secondary N) is 1. The maximum absolute atomic E-state index is 13.2. The SMILES string of the molecule is CCOP(=O)(OCC)C(C)N(OC(C)C(=O)NCCC[Si](OC)(OC)OC)C(C)(C)C. The molecule has 0 aromatic carbocycles. The van der Waals surface area contributed by atoms with Crippen molar-refractivity contribution in [1.82, 2.24) is 10.4 Å². The van der Waals surface area contributed by atoms with Gasteiger partial charge in [0.2, 0.25) is 0 Å². The molecule has 186 valence electrons. The minimum Gasteiger partial charge on any atom is -0.377 e. The lowest BCUT2D eigenvalue weighted by Crippen LogP contribution is -2.51. The molecule has 0 aliphatic heterocycles. The van der Waals surface area contributed by atoms with Crippen molar-refractivity contribution < 1.29 is 36.5 Å². The molecule has 0 fully saturated rings. The molecule has 0 aliphatic rings. The van der Waals surface area contributed by atoms with Gasteiger partial charge in [-0.1, -0.05) is 0 Å². The van der Waals surface area contributed by atoms with Crippen LogP contribution in [-0.2, 0) is 36.5 Å². The van der Waals surface area contributed by atoms with Gasteiger partial charge in [-0.2, -0.15) is 5.06 Å². The molecule has 0 spiro atoms. The van der Waals surface area contributed by atoms with E-state index in [0.29, 0.717) is 19.0 Å². The third kappa shape index (κ3) is 9.57. The van der Waals surface area contributed by atoms with Crippen molar-refractivity contribution in [3.05, 3.63) is 0 Å². The molecule has 0 saturated heterocycles. The maximum atomic E-state index is 13.2. The zero-order valence-corrected chi connectivity index (χ0v) is 22.7. The molecule has 31 heavy (non-hydrogen) atoms. The number of hydroxylamine groups is 2. The highest BCUT2D eigenvalue weighted by Gasteiger charge is 2.43. The third-order valence-corrected chi connectivity index (χ3v) is 9.80. The zero-order valence-electron chi connectivity index (χ0n) is 20.9. The Morgan fingerprint density at radius 3 is 1.90 bits per heavy atom. The lowest BCUT2D eigenvalue weighted by Gasteiger charge is -2.41. The lowest BCUT2D eigenvalue weighted by atomic mass is 10.1. The van der Waals surface area contributed by atoms with Crippen LogP contribution in [-0.4, -0.2) is 78.3 Å². The molecule has 0 aliphatic carbocycles. The van der Waals surface area contributed by atoms with Crippen LogP contribution in [0.4, 0.5) is 0 Å². The van der Waals surface area contributed by atoms with Crippen molar-refractivity contribution in [3.8, 4) is 0 Å². The fourth-order valence-electron chi connectivity index (χ4n) is 2.98. The number of carbonyl (C=O) groups excluding carboxylic acids is 1. The molecular weight excluding hydrogens is 443 g/mol. The van der Waals surface area contributed by atoms with Crippen LogP contribution in [0.5, 0.6) is 0 Å². The van der Waals surface area contributed by atoms with E-state index in [9.17, 15) is 9.36 Å². The Balaban J connectivity index is 5.08. The Hall–Kier alpha value is -0.363. The fourth-order valence-corrected chi connectivity index (χ4v) is 6.59. The second-order valence-corrected chi connectivity index (χ2v) is 13.4. The summed E-state index contributed by atoms with van der Waals surface area (Å²) < 4.78 is 40.3. The highest BCUT2D eigenvalue weighted by atomic mass is 31.2. The molecular formula is C19H43N2O8PSi. The van der Waals surface area contributed by atoms with Gasteiger partial charge in [0, 0.05) is 39.5 Å². The van der Waals surface area contributed by atoms with Gasteiger partial charge in [0.05, 0.1) is 13.2 Å². The maximum Gasteiger partial charge on any atom is 0.500 e. The van der Waals surface area contributed by atoms with Gasteiger partial charge in [-0.15, -0.1) is 0 Å². The summed E-state index contributed by atoms with van der Waals surface area (Å²) in [4.78, 5) is 18.5. The fraction of sp³-hybridized carbons (Fsp3) is 0.947. The van der Waals surface area contributed by atoms with E-state index in [0.717, 1.165) is 0 Å². The average molecular weight is 487 g/mol. The van der Waals surface area contributed by atoms with Crippen LogP contribution in [0.2, 0.25) is 6.04 Å². The number of hydrogen-bond acceptors (Lipinski definition) is 9. The van der Waals surface area contributed by atoms with Gasteiger partial charge >= 0.3 is 16.4 Å². The first-order valence-electron chi connectivity index (χ1n) is 10.6. The predicted molar refractivity (Wildman–Crippen MR) is 122 cm³/mol. The third-order valence-electron chi connectivity index (χ3n) is 4.61. The molecule has 10 nitrogen and oxygen atoms in total. The van der Waals surface area contributed by atoms with Crippen molar-refractivity contribution in [3.63, 3.8) is 0 Å². The van der Waals surface area contributed by atoms with Crippen LogP contribution in [0.15, 0.2) is 0 Å². The molecule has 0 aromatic heterocycles. The minimum atomic E-state index is -3.47. The van der Waals surface area contributed by atoms with E-state index in [1.807, 2.05) is 20.8 Å². The average Bonchev–Trinajstić information content (AvgIpc) is 2.71. The van der Waals surface area contributed by atoms with E-state index in [4.69, 9.17) is 27.2 Å². The Morgan fingerprint density at radius 1 is 1.03 bits per heavy atom. The van der Waals surface area contributed by atoms with E-state index in [2.05, 4.69) is 5.32 Å². The summed E-state index contributed by atoms with van der Waals surface area (Å²) >= 11 is 0. The van der Waals surface area contributed by atoms with Crippen molar-refractivity contribution >= 4 is 22.3 Å². The normalized spacial score (nSPS) is 15.2. The number of hydrogen-bond donors (Lipinski definition) is 1. The standard InChI is InChI=1S/C19H43N2O8PSi/c1-11-27-30(23,28-12-2)17(4)21(19(5,6)7)29-16(3)18(22)20-14-13-15-31(24-8,25-9)26-10/h16-17H,11-15H2,1-10H3,(H,20,22). The van der Waals surface area contributed by atoms with Crippen LogP contribution >= 0.6 is 7.60 Å². The quantitative estimate of drug-likeness (QED) is 0.152. The Bertz CT molecular complexity index is 553. The van der Waals surface area contributed by atoms with Gasteiger partial charge in [-0.25, -0.2) is 0 Å². The smallest absolute Gasteiger partial charge is 0.377 e. The van der Waals surface area contributed by atoms with Crippen molar-refractivity contribution in [2.45, 2.75) is 78.4 Å². The summed E-state index contributed by atoms with van der Waals surface area (Å²) in [5.74, 6) is -0.997. The highest BCUT2D eigenvalue weighted by Crippen LogP contribution is 2.55. The number of rotatable bonds is 16. The van der Waals surface area contributed by atoms with Gasteiger partial charge < -0.3 is 27.6 Å². The second kappa shape index (κ2) is 14.0. The van der Waals surface area contributed by atoms with Gasteiger partial charge in [0.25, 0.3) is 5.91 Å². The summed E-state index contributed by atoms with van der Waals surface area (Å²) in [6.07, 6.45) is -0.184. The van der Waals surface area contributed by atoms with Gasteiger partial charge in [-0.3, -0.25) is 14.2 Å². The summed E-state index contributed by atoms with van der Waals surface area (Å²) in [5.41, 5.74) is -0.557. The number of nitrogens with zero attached hydrogens (tertiary/aromatic N) is 1. The largest absolute Gasteiger partial charge is 0.500 e. The van der Waals surface area contributed by atoms with E-state index in [1.54, 1.807) is 49.0 Å². The van der Waals surface area contributed by atoms with Crippen LogP contribution in [0.25, 0.3) is 0 Å². The Morgan fingerprint density at radius 2 is 1.52 bits per heavy atom. The molecule has 0 aromatic rings. The van der Waals surface area contributed by atoms with Crippen LogP contribution in [0.3, 0.4) is 0 Å². The summed E-state index contributed by atoms with van der Waals surface area (Å²) in [6.45, 7) is 13.5. The van der Waals surface area contributed by atoms with Crippen molar-refractivity contribution in [2.24, 2.45) is 0 Å². The van der Waals surface area contributed by atoms with E-state index in [-0.39, 0.29) is 19.1 Å². The van der Waals surface area contributed by atoms with Crippen LogP contribution in [0, 0.1) is 0 Å².